The van der Waals surface area contributed by atoms with Gasteiger partial charge in [-0.2, -0.15) is 0 Å². The number of pyridine rings is 1. The normalized spacial score (nSPS) is 10.6. The molecule has 0 aliphatic carbocycles. The van der Waals surface area contributed by atoms with E-state index in [0.717, 1.165) is 27.6 Å². The van der Waals surface area contributed by atoms with E-state index < -0.39 is 0 Å². The fraction of sp³-hybridized carbons (Fsp3) is 0.158. The van der Waals surface area contributed by atoms with Crippen LogP contribution in [0.1, 0.15) is 23.0 Å². The second-order valence-corrected chi connectivity index (χ2v) is 5.06. The third-order valence-electron chi connectivity index (χ3n) is 3.67. The van der Waals surface area contributed by atoms with Crippen LogP contribution in [0.25, 0.3) is 22.0 Å². The number of benzene rings is 2. The van der Waals surface area contributed by atoms with Crippen LogP contribution in [0.4, 0.5) is 0 Å². The summed E-state index contributed by atoms with van der Waals surface area (Å²) < 4.78 is 5.15. The standard InChI is InChI=1S/C19H17NO2/c1-3-22-19(21)18-13(2)17(14-9-5-4-6-10-14)15-11-7-8-12-16(15)20-18/h4-12H,3H2,1-2H3. The molecule has 3 heteroatoms. The van der Waals surface area contributed by atoms with E-state index in [0.29, 0.717) is 12.3 Å². The minimum absolute atomic E-state index is 0.341. The molecule has 0 amide bonds. The third-order valence-corrected chi connectivity index (χ3v) is 3.67. The van der Waals surface area contributed by atoms with Crippen molar-refractivity contribution in [3.8, 4) is 11.1 Å². The number of para-hydroxylation sites is 1. The molecule has 3 rings (SSSR count). The van der Waals surface area contributed by atoms with Gasteiger partial charge >= 0.3 is 5.97 Å². The summed E-state index contributed by atoms with van der Waals surface area (Å²) in [4.78, 5) is 16.7. The summed E-state index contributed by atoms with van der Waals surface area (Å²) in [6.45, 7) is 4.06. The minimum Gasteiger partial charge on any atom is -0.461 e. The number of ether oxygens (including phenoxy) is 1. The van der Waals surface area contributed by atoms with Crippen LogP contribution < -0.4 is 0 Å². The van der Waals surface area contributed by atoms with E-state index in [-0.39, 0.29) is 5.97 Å². The number of fused-ring (bicyclic) bond motifs is 1. The van der Waals surface area contributed by atoms with Crippen LogP contribution in [0, 0.1) is 6.92 Å². The van der Waals surface area contributed by atoms with Gasteiger partial charge in [-0.25, -0.2) is 9.78 Å². The zero-order chi connectivity index (χ0) is 15.5. The molecule has 0 spiro atoms. The summed E-state index contributed by atoms with van der Waals surface area (Å²) in [6.07, 6.45) is 0. The second kappa shape index (κ2) is 5.98. The molecule has 0 radical (unpaired) electrons. The van der Waals surface area contributed by atoms with Gasteiger partial charge < -0.3 is 4.74 Å². The molecule has 1 aromatic heterocycles. The molecule has 22 heavy (non-hydrogen) atoms. The smallest absolute Gasteiger partial charge is 0.357 e. The van der Waals surface area contributed by atoms with E-state index in [1.807, 2.05) is 61.5 Å². The van der Waals surface area contributed by atoms with Gasteiger partial charge in [0, 0.05) is 5.39 Å². The first kappa shape index (κ1) is 14.3. The SMILES string of the molecule is CCOC(=O)c1nc2ccccc2c(-c2ccccc2)c1C. The lowest BCUT2D eigenvalue weighted by Gasteiger charge is -2.14. The molecule has 0 N–H and O–H groups in total. The van der Waals surface area contributed by atoms with Crippen molar-refractivity contribution in [1.82, 2.24) is 4.98 Å². The van der Waals surface area contributed by atoms with Crippen molar-refractivity contribution in [2.75, 3.05) is 6.61 Å². The summed E-state index contributed by atoms with van der Waals surface area (Å²) in [5.74, 6) is -0.372. The van der Waals surface area contributed by atoms with E-state index in [4.69, 9.17) is 4.74 Å². The summed E-state index contributed by atoms with van der Waals surface area (Å²) in [6, 6.07) is 17.9. The van der Waals surface area contributed by atoms with Crippen LogP contribution in [0.15, 0.2) is 54.6 Å². The van der Waals surface area contributed by atoms with Crippen molar-refractivity contribution in [3.05, 3.63) is 65.9 Å². The maximum Gasteiger partial charge on any atom is 0.357 e. The molecule has 3 aromatic rings. The van der Waals surface area contributed by atoms with Crippen LogP contribution in [0.5, 0.6) is 0 Å². The van der Waals surface area contributed by atoms with Gasteiger partial charge in [0.2, 0.25) is 0 Å². The molecular weight excluding hydrogens is 274 g/mol. The van der Waals surface area contributed by atoms with Crippen molar-refractivity contribution in [1.29, 1.82) is 0 Å². The first-order valence-electron chi connectivity index (χ1n) is 7.34. The molecule has 0 bridgehead atoms. The predicted octanol–water partition coefficient (Wildman–Crippen LogP) is 4.39. The number of rotatable bonds is 3. The fourth-order valence-electron chi connectivity index (χ4n) is 2.68. The van der Waals surface area contributed by atoms with Gasteiger partial charge in [0.25, 0.3) is 0 Å². The highest BCUT2D eigenvalue weighted by Gasteiger charge is 2.18. The number of nitrogens with zero attached hydrogens (tertiary/aromatic N) is 1. The van der Waals surface area contributed by atoms with E-state index in [1.165, 1.54) is 0 Å². The van der Waals surface area contributed by atoms with E-state index in [2.05, 4.69) is 4.98 Å². The van der Waals surface area contributed by atoms with Gasteiger partial charge in [-0.1, -0.05) is 48.5 Å². The number of carbonyl (C=O) groups is 1. The van der Waals surface area contributed by atoms with Gasteiger partial charge in [0.05, 0.1) is 12.1 Å². The van der Waals surface area contributed by atoms with Crippen molar-refractivity contribution in [3.63, 3.8) is 0 Å². The predicted molar refractivity (Wildman–Crippen MR) is 87.9 cm³/mol. The van der Waals surface area contributed by atoms with Crippen molar-refractivity contribution in [2.45, 2.75) is 13.8 Å². The van der Waals surface area contributed by atoms with E-state index in [9.17, 15) is 4.79 Å². The van der Waals surface area contributed by atoms with Crippen LogP contribution in [0.2, 0.25) is 0 Å². The largest absolute Gasteiger partial charge is 0.461 e. The quantitative estimate of drug-likeness (QED) is 0.672. The lowest BCUT2D eigenvalue weighted by molar-refractivity contribution is 0.0519. The number of aromatic nitrogens is 1. The van der Waals surface area contributed by atoms with Crippen LogP contribution in [-0.2, 0) is 4.74 Å². The molecule has 1 heterocycles. The number of carbonyl (C=O) groups excluding carboxylic acids is 1. The van der Waals surface area contributed by atoms with Gasteiger partial charge in [0.1, 0.15) is 0 Å². The monoisotopic (exact) mass is 291 g/mol. The molecule has 0 aliphatic rings. The third kappa shape index (κ3) is 2.46. The Morgan fingerprint density at radius 3 is 2.45 bits per heavy atom. The summed E-state index contributed by atoms with van der Waals surface area (Å²) in [7, 11) is 0. The second-order valence-electron chi connectivity index (χ2n) is 5.06. The van der Waals surface area contributed by atoms with Gasteiger partial charge in [-0.05, 0) is 36.6 Å². The lowest BCUT2D eigenvalue weighted by atomic mass is 9.95. The molecule has 0 saturated carbocycles. The lowest BCUT2D eigenvalue weighted by Crippen LogP contribution is -2.10. The van der Waals surface area contributed by atoms with Crippen molar-refractivity contribution in [2.24, 2.45) is 0 Å². The van der Waals surface area contributed by atoms with Crippen LogP contribution in [0.3, 0.4) is 0 Å². The molecule has 0 saturated heterocycles. The molecule has 0 aliphatic heterocycles. The number of hydrogen-bond acceptors (Lipinski definition) is 3. The van der Waals surface area contributed by atoms with Gasteiger partial charge in [0.15, 0.2) is 5.69 Å². The average molecular weight is 291 g/mol. The molecule has 110 valence electrons. The van der Waals surface area contributed by atoms with Crippen molar-refractivity contribution < 1.29 is 9.53 Å². The Balaban J connectivity index is 2.33. The Kier molecular flexibility index (Phi) is 3.88. The highest BCUT2D eigenvalue weighted by molar-refractivity contribution is 6.02. The molecule has 0 fully saturated rings. The highest BCUT2D eigenvalue weighted by atomic mass is 16.5. The van der Waals surface area contributed by atoms with Crippen LogP contribution >= 0.6 is 0 Å². The summed E-state index contributed by atoms with van der Waals surface area (Å²) in [5.41, 5.74) is 4.15. The van der Waals surface area contributed by atoms with Gasteiger partial charge in [-0.15, -0.1) is 0 Å². The minimum atomic E-state index is -0.372. The van der Waals surface area contributed by atoms with Crippen LogP contribution in [-0.4, -0.2) is 17.6 Å². The number of esters is 1. The fourth-order valence-corrected chi connectivity index (χ4v) is 2.68. The first-order chi connectivity index (χ1) is 10.7. The van der Waals surface area contributed by atoms with E-state index >= 15 is 0 Å². The Morgan fingerprint density at radius 1 is 1.05 bits per heavy atom. The Hall–Kier alpha value is -2.68. The number of hydrogen-bond donors (Lipinski definition) is 0. The molecule has 0 atom stereocenters. The molecule has 2 aromatic carbocycles. The maximum atomic E-state index is 12.2. The average Bonchev–Trinajstić information content (AvgIpc) is 2.55. The molecule has 0 unspecified atom stereocenters. The topological polar surface area (TPSA) is 39.2 Å². The Labute approximate surface area is 129 Å². The summed E-state index contributed by atoms with van der Waals surface area (Å²) in [5, 5.41) is 1.04. The Bertz CT molecular complexity index is 825. The van der Waals surface area contributed by atoms with Crippen molar-refractivity contribution >= 4 is 16.9 Å². The zero-order valence-electron chi connectivity index (χ0n) is 12.7. The first-order valence-corrected chi connectivity index (χ1v) is 7.34. The molecule has 3 nitrogen and oxygen atoms in total. The van der Waals surface area contributed by atoms with E-state index in [1.54, 1.807) is 6.92 Å². The Morgan fingerprint density at radius 2 is 1.73 bits per heavy atom. The summed E-state index contributed by atoms with van der Waals surface area (Å²) >= 11 is 0. The maximum absolute atomic E-state index is 12.2. The van der Waals surface area contributed by atoms with Gasteiger partial charge in [-0.3, -0.25) is 0 Å². The molecular formula is C19H17NO2. The highest BCUT2D eigenvalue weighted by Crippen LogP contribution is 2.32. The zero-order valence-corrected chi connectivity index (χ0v) is 12.7.